The van der Waals surface area contributed by atoms with E-state index < -0.39 is 5.76 Å². The molecule has 1 fully saturated rings. The van der Waals surface area contributed by atoms with E-state index >= 15 is 0 Å². The van der Waals surface area contributed by atoms with Gasteiger partial charge in [0.15, 0.2) is 5.58 Å². The summed E-state index contributed by atoms with van der Waals surface area (Å²) in [5.74, 6) is -0.624. The number of oxazole rings is 1. The maximum absolute atomic E-state index is 12.7. The monoisotopic (exact) mass is 354 g/mol. The summed E-state index contributed by atoms with van der Waals surface area (Å²) in [5.41, 5.74) is 2.27. The molecule has 0 unspecified atom stereocenters. The molecule has 2 aromatic heterocycles. The van der Waals surface area contributed by atoms with Gasteiger partial charge in [-0.2, -0.15) is 0 Å². The number of benzene rings is 1. The number of amides is 2. The third kappa shape index (κ3) is 3.13. The number of piperazine rings is 1. The van der Waals surface area contributed by atoms with Crippen molar-refractivity contribution in [2.45, 2.75) is 6.42 Å². The summed E-state index contributed by atoms with van der Waals surface area (Å²) in [4.78, 5) is 45.3. The van der Waals surface area contributed by atoms with E-state index in [0.29, 0.717) is 49.3 Å². The molecule has 0 radical (unpaired) electrons. The number of carbonyl (C=O) groups excluding carboxylic acids is 2. The van der Waals surface area contributed by atoms with Crippen LogP contribution in [0.5, 0.6) is 0 Å². The standard InChI is InChI=1S/C18H18N4O4/c23-16(11-13-2-1-5-19-13)21-6-8-22(9-7-21)17(24)12-3-4-14-15(10-12)26-18(25)20-14/h1-5,10,19H,6-9,11H2,(H,20,25). The molecule has 0 saturated carbocycles. The van der Waals surface area contributed by atoms with Crippen LogP contribution in [-0.2, 0) is 11.2 Å². The molecule has 0 atom stereocenters. The molecule has 1 aliphatic heterocycles. The van der Waals surface area contributed by atoms with E-state index in [0.717, 1.165) is 5.69 Å². The van der Waals surface area contributed by atoms with Crippen LogP contribution in [-0.4, -0.2) is 57.8 Å². The largest absolute Gasteiger partial charge is 0.417 e. The molecule has 1 aliphatic rings. The molecule has 3 heterocycles. The molecular weight excluding hydrogens is 336 g/mol. The van der Waals surface area contributed by atoms with Crippen LogP contribution in [0.1, 0.15) is 16.1 Å². The lowest BCUT2D eigenvalue weighted by Crippen LogP contribution is -2.51. The Morgan fingerprint density at radius 2 is 1.85 bits per heavy atom. The van der Waals surface area contributed by atoms with Gasteiger partial charge >= 0.3 is 5.76 Å². The minimum atomic E-state index is -0.543. The van der Waals surface area contributed by atoms with Crippen LogP contribution < -0.4 is 5.76 Å². The van der Waals surface area contributed by atoms with Crippen molar-refractivity contribution in [1.29, 1.82) is 0 Å². The summed E-state index contributed by atoms with van der Waals surface area (Å²) in [5, 5.41) is 0. The number of rotatable bonds is 3. The molecule has 26 heavy (non-hydrogen) atoms. The molecule has 1 saturated heterocycles. The van der Waals surface area contributed by atoms with Gasteiger partial charge in [-0.1, -0.05) is 0 Å². The van der Waals surface area contributed by atoms with Crippen LogP contribution in [0.25, 0.3) is 11.1 Å². The Morgan fingerprint density at radius 1 is 1.08 bits per heavy atom. The number of nitrogens with zero attached hydrogens (tertiary/aromatic N) is 2. The van der Waals surface area contributed by atoms with Gasteiger partial charge in [0.2, 0.25) is 5.91 Å². The van der Waals surface area contributed by atoms with E-state index in [1.54, 1.807) is 34.2 Å². The summed E-state index contributed by atoms with van der Waals surface area (Å²) in [7, 11) is 0. The average molecular weight is 354 g/mol. The predicted octanol–water partition coefficient (Wildman–Crippen LogP) is 0.976. The first-order valence-electron chi connectivity index (χ1n) is 8.42. The van der Waals surface area contributed by atoms with Crippen LogP contribution in [0, 0.1) is 0 Å². The third-order valence-corrected chi connectivity index (χ3v) is 4.59. The van der Waals surface area contributed by atoms with Crippen molar-refractivity contribution in [2.75, 3.05) is 26.2 Å². The van der Waals surface area contributed by atoms with Crippen molar-refractivity contribution < 1.29 is 14.0 Å². The molecular formula is C18H18N4O4. The maximum Gasteiger partial charge on any atom is 0.417 e. The van der Waals surface area contributed by atoms with E-state index in [1.807, 2.05) is 12.1 Å². The van der Waals surface area contributed by atoms with Crippen LogP contribution in [0.2, 0.25) is 0 Å². The number of hydrogen-bond acceptors (Lipinski definition) is 4. The number of fused-ring (bicyclic) bond motifs is 1. The molecule has 4 rings (SSSR count). The highest BCUT2D eigenvalue weighted by Crippen LogP contribution is 2.15. The number of H-pyrrole nitrogens is 2. The van der Waals surface area contributed by atoms with Gasteiger partial charge in [0.25, 0.3) is 5.91 Å². The molecule has 134 valence electrons. The van der Waals surface area contributed by atoms with E-state index in [9.17, 15) is 14.4 Å². The van der Waals surface area contributed by atoms with Crippen molar-refractivity contribution in [1.82, 2.24) is 19.8 Å². The first-order chi connectivity index (χ1) is 12.6. The summed E-state index contributed by atoms with van der Waals surface area (Å²) in [6, 6.07) is 8.64. The molecule has 2 N–H and O–H groups in total. The van der Waals surface area contributed by atoms with Crippen LogP contribution >= 0.6 is 0 Å². The maximum atomic E-state index is 12.7. The highest BCUT2D eigenvalue weighted by atomic mass is 16.4. The normalized spacial score (nSPS) is 14.8. The van der Waals surface area contributed by atoms with Gasteiger partial charge in [-0.15, -0.1) is 0 Å². The van der Waals surface area contributed by atoms with Crippen LogP contribution in [0.4, 0.5) is 0 Å². The summed E-state index contributed by atoms with van der Waals surface area (Å²) >= 11 is 0. The fourth-order valence-electron chi connectivity index (χ4n) is 3.17. The number of aromatic nitrogens is 2. The zero-order chi connectivity index (χ0) is 18.1. The minimum absolute atomic E-state index is 0.0510. The third-order valence-electron chi connectivity index (χ3n) is 4.59. The highest BCUT2D eigenvalue weighted by molar-refractivity contribution is 5.97. The SMILES string of the molecule is O=C(Cc1ccc[nH]1)N1CCN(C(=O)c2ccc3[nH]c(=O)oc3c2)CC1. The Kier molecular flexibility index (Phi) is 4.08. The Labute approximate surface area is 148 Å². The molecule has 0 spiro atoms. The van der Waals surface area contributed by atoms with Crippen molar-refractivity contribution in [3.8, 4) is 0 Å². The van der Waals surface area contributed by atoms with Crippen molar-refractivity contribution in [3.63, 3.8) is 0 Å². The van der Waals surface area contributed by atoms with Gasteiger partial charge in [-0.25, -0.2) is 4.79 Å². The van der Waals surface area contributed by atoms with Crippen molar-refractivity contribution in [3.05, 3.63) is 58.3 Å². The first kappa shape index (κ1) is 16.2. The summed E-state index contributed by atoms with van der Waals surface area (Å²) in [6.07, 6.45) is 2.13. The fourth-order valence-corrected chi connectivity index (χ4v) is 3.17. The Bertz CT molecular complexity index is 994. The number of hydrogen-bond donors (Lipinski definition) is 2. The first-order valence-corrected chi connectivity index (χ1v) is 8.42. The number of aromatic amines is 2. The lowest BCUT2D eigenvalue weighted by Gasteiger charge is -2.34. The van der Waals surface area contributed by atoms with Gasteiger partial charge in [0.05, 0.1) is 11.9 Å². The second kappa shape index (κ2) is 6.55. The van der Waals surface area contributed by atoms with E-state index in [4.69, 9.17) is 4.42 Å². The van der Waals surface area contributed by atoms with Gasteiger partial charge in [0, 0.05) is 43.6 Å². The topological polar surface area (TPSA) is 102 Å². The predicted molar refractivity (Wildman–Crippen MR) is 93.8 cm³/mol. The van der Waals surface area contributed by atoms with Crippen LogP contribution in [0.3, 0.4) is 0 Å². The Morgan fingerprint density at radius 3 is 2.58 bits per heavy atom. The second-order valence-electron chi connectivity index (χ2n) is 6.27. The molecule has 0 aliphatic carbocycles. The summed E-state index contributed by atoms with van der Waals surface area (Å²) < 4.78 is 5.01. The zero-order valence-corrected chi connectivity index (χ0v) is 14.0. The number of carbonyl (C=O) groups is 2. The quantitative estimate of drug-likeness (QED) is 0.732. The van der Waals surface area contributed by atoms with Gasteiger partial charge in [-0.05, 0) is 30.3 Å². The molecule has 8 heteroatoms. The van der Waals surface area contributed by atoms with Gasteiger partial charge < -0.3 is 19.2 Å². The summed E-state index contributed by atoms with van der Waals surface area (Å²) in [6.45, 7) is 1.97. The van der Waals surface area contributed by atoms with E-state index in [2.05, 4.69) is 9.97 Å². The number of nitrogens with one attached hydrogen (secondary N) is 2. The van der Waals surface area contributed by atoms with Crippen LogP contribution in [0.15, 0.2) is 45.7 Å². The second-order valence-corrected chi connectivity index (χ2v) is 6.27. The van der Waals surface area contributed by atoms with Crippen molar-refractivity contribution >= 4 is 22.9 Å². The Balaban J connectivity index is 1.39. The minimum Gasteiger partial charge on any atom is -0.408 e. The molecule has 3 aromatic rings. The lowest BCUT2D eigenvalue weighted by atomic mass is 10.1. The lowest BCUT2D eigenvalue weighted by molar-refractivity contribution is -0.132. The molecule has 1 aromatic carbocycles. The van der Waals surface area contributed by atoms with Crippen molar-refractivity contribution in [2.24, 2.45) is 0 Å². The highest BCUT2D eigenvalue weighted by Gasteiger charge is 2.25. The molecule has 8 nitrogen and oxygen atoms in total. The van der Waals surface area contributed by atoms with E-state index in [1.165, 1.54) is 0 Å². The Hall–Kier alpha value is -3.29. The fraction of sp³-hybridized carbons (Fsp3) is 0.278. The molecule has 0 bridgehead atoms. The molecule has 2 amide bonds. The smallest absolute Gasteiger partial charge is 0.408 e. The zero-order valence-electron chi connectivity index (χ0n) is 14.0. The van der Waals surface area contributed by atoms with Gasteiger partial charge in [0.1, 0.15) is 0 Å². The van der Waals surface area contributed by atoms with E-state index in [-0.39, 0.29) is 11.8 Å². The van der Waals surface area contributed by atoms with Gasteiger partial charge in [-0.3, -0.25) is 14.6 Å². The average Bonchev–Trinajstić information content (AvgIpc) is 3.28.